The Morgan fingerprint density at radius 1 is 1.17 bits per heavy atom. The molecule has 2 heterocycles. The number of hydrogen-bond acceptors (Lipinski definition) is 3. The molecule has 0 bridgehead atoms. The van der Waals surface area contributed by atoms with Crippen molar-refractivity contribution in [3.8, 4) is 0 Å². The van der Waals surface area contributed by atoms with Crippen LogP contribution in [0.15, 0.2) is 42.5 Å². The summed E-state index contributed by atoms with van der Waals surface area (Å²) >= 11 is 0. The number of rotatable bonds is 2. The van der Waals surface area contributed by atoms with Gasteiger partial charge in [0, 0.05) is 18.8 Å². The summed E-state index contributed by atoms with van der Waals surface area (Å²) in [4.78, 5) is 6.52. The predicted octanol–water partition coefficient (Wildman–Crippen LogP) is 3.99. The van der Waals surface area contributed by atoms with E-state index in [0.29, 0.717) is 25.3 Å². The summed E-state index contributed by atoms with van der Waals surface area (Å²) in [5.74, 6) is 0.824. The Balaban J connectivity index is 1.81. The van der Waals surface area contributed by atoms with Crippen molar-refractivity contribution in [1.82, 2.24) is 4.98 Å². The first-order chi connectivity index (χ1) is 10.9. The van der Waals surface area contributed by atoms with Crippen molar-refractivity contribution in [3.05, 3.63) is 59.3 Å². The molecular formula is C17H17F3N2O. The molecule has 1 fully saturated rings. The van der Waals surface area contributed by atoms with Gasteiger partial charge in [-0.2, -0.15) is 13.2 Å². The van der Waals surface area contributed by atoms with Crippen LogP contribution >= 0.6 is 0 Å². The Morgan fingerprint density at radius 3 is 2.70 bits per heavy atom. The van der Waals surface area contributed by atoms with Crippen LogP contribution in [0.5, 0.6) is 0 Å². The number of aromatic nitrogens is 1. The van der Waals surface area contributed by atoms with E-state index in [2.05, 4.69) is 4.98 Å². The molecule has 1 aromatic carbocycles. The van der Waals surface area contributed by atoms with Crippen LogP contribution in [0, 0.1) is 6.92 Å². The van der Waals surface area contributed by atoms with Crippen LogP contribution in [0.1, 0.15) is 22.9 Å². The maximum atomic E-state index is 12.9. The molecule has 1 aliphatic heterocycles. The zero-order valence-corrected chi connectivity index (χ0v) is 12.7. The van der Waals surface area contributed by atoms with Crippen molar-refractivity contribution in [1.29, 1.82) is 0 Å². The van der Waals surface area contributed by atoms with Crippen LogP contribution in [0.3, 0.4) is 0 Å². The van der Waals surface area contributed by atoms with Gasteiger partial charge in [0.2, 0.25) is 0 Å². The van der Waals surface area contributed by atoms with E-state index in [1.54, 1.807) is 6.07 Å². The van der Waals surface area contributed by atoms with Gasteiger partial charge in [-0.15, -0.1) is 0 Å². The quantitative estimate of drug-likeness (QED) is 0.836. The number of pyridine rings is 1. The van der Waals surface area contributed by atoms with Gasteiger partial charge in [-0.3, -0.25) is 0 Å². The summed E-state index contributed by atoms with van der Waals surface area (Å²) in [6.07, 6.45) is -4.74. The van der Waals surface area contributed by atoms with Gasteiger partial charge >= 0.3 is 6.18 Å². The number of benzene rings is 1. The fourth-order valence-corrected chi connectivity index (χ4v) is 2.68. The first-order valence-corrected chi connectivity index (χ1v) is 7.41. The van der Waals surface area contributed by atoms with E-state index in [-0.39, 0.29) is 0 Å². The third-order valence-electron chi connectivity index (χ3n) is 3.85. The summed E-state index contributed by atoms with van der Waals surface area (Å²) in [6.45, 7) is 3.52. The molecule has 3 nitrogen and oxygen atoms in total. The highest BCUT2D eigenvalue weighted by molar-refractivity contribution is 5.41. The van der Waals surface area contributed by atoms with E-state index in [1.807, 2.05) is 30.0 Å². The fraction of sp³-hybridized carbons (Fsp3) is 0.353. The number of alkyl halides is 3. The Hall–Kier alpha value is -2.08. The minimum Gasteiger partial charge on any atom is -0.370 e. The Morgan fingerprint density at radius 2 is 1.96 bits per heavy atom. The highest BCUT2D eigenvalue weighted by Crippen LogP contribution is 2.32. The normalized spacial score (nSPS) is 19.0. The second kappa shape index (κ2) is 6.20. The van der Waals surface area contributed by atoms with Gasteiger partial charge in [-0.05, 0) is 36.8 Å². The summed E-state index contributed by atoms with van der Waals surface area (Å²) in [6, 6.07) is 11.1. The molecule has 2 aromatic rings. The number of halogens is 3. The zero-order chi connectivity index (χ0) is 16.4. The van der Waals surface area contributed by atoms with Crippen molar-refractivity contribution >= 4 is 5.82 Å². The van der Waals surface area contributed by atoms with E-state index in [0.717, 1.165) is 23.6 Å². The number of hydrogen-bond donors (Lipinski definition) is 0. The lowest BCUT2D eigenvalue weighted by Crippen LogP contribution is -2.39. The molecule has 3 rings (SSSR count). The molecule has 1 aromatic heterocycles. The lowest BCUT2D eigenvalue weighted by atomic mass is 10.0. The molecule has 1 unspecified atom stereocenters. The molecule has 122 valence electrons. The molecule has 6 heteroatoms. The zero-order valence-electron chi connectivity index (χ0n) is 12.7. The van der Waals surface area contributed by atoms with Gasteiger partial charge in [0.05, 0.1) is 12.2 Å². The topological polar surface area (TPSA) is 25.4 Å². The third-order valence-corrected chi connectivity index (χ3v) is 3.85. The highest BCUT2D eigenvalue weighted by Gasteiger charge is 2.32. The van der Waals surface area contributed by atoms with E-state index in [4.69, 9.17) is 4.74 Å². The van der Waals surface area contributed by atoms with Gasteiger partial charge in [0.1, 0.15) is 11.9 Å². The summed E-state index contributed by atoms with van der Waals surface area (Å²) in [5.41, 5.74) is 0.797. The fourth-order valence-electron chi connectivity index (χ4n) is 2.68. The van der Waals surface area contributed by atoms with Crippen LogP contribution in [0.4, 0.5) is 19.0 Å². The maximum absolute atomic E-state index is 12.9. The van der Waals surface area contributed by atoms with Crippen LogP contribution in [-0.2, 0) is 10.9 Å². The minimum absolute atomic E-state index is 0.395. The maximum Gasteiger partial charge on any atom is 0.416 e. The van der Waals surface area contributed by atoms with Crippen LogP contribution in [0.2, 0.25) is 0 Å². The molecule has 0 aliphatic carbocycles. The molecular weight excluding hydrogens is 305 g/mol. The number of aryl methyl sites for hydroxylation is 1. The molecule has 0 amide bonds. The van der Waals surface area contributed by atoms with Gasteiger partial charge in [0.25, 0.3) is 0 Å². The highest BCUT2D eigenvalue weighted by atomic mass is 19.4. The number of nitrogens with zero attached hydrogens (tertiary/aromatic N) is 2. The Labute approximate surface area is 132 Å². The summed E-state index contributed by atoms with van der Waals surface area (Å²) < 4.78 is 44.3. The second-order valence-corrected chi connectivity index (χ2v) is 5.57. The lowest BCUT2D eigenvalue weighted by molar-refractivity contribution is -0.137. The van der Waals surface area contributed by atoms with Crippen LogP contribution in [-0.4, -0.2) is 24.7 Å². The monoisotopic (exact) mass is 322 g/mol. The Kier molecular flexibility index (Phi) is 4.26. The first kappa shape index (κ1) is 15.8. The number of morpholine rings is 1. The SMILES string of the molecule is Cc1cccc(N2CCOC(c3cccc(C(F)(F)F)c3)C2)n1. The summed E-state index contributed by atoms with van der Waals surface area (Å²) in [5, 5.41) is 0. The first-order valence-electron chi connectivity index (χ1n) is 7.41. The van der Waals surface area contributed by atoms with Crippen molar-refractivity contribution < 1.29 is 17.9 Å². The van der Waals surface area contributed by atoms with Crippen molar-refractivity contribution in [2.45, 2.75) is 19.2 Å². The van der Waals surface area contributed by atoms with Crippen molar-refractivity contribution in [2.75, 3.05) is 24.6 Å². The average Bonchev–Trinajstić information content (AvgIpc) is 2.54. The number of ether oxygens (including phenoxy) is 1. The van der Waals surface area contributed by atoms with E-state index in [9.17, 15) is 13.2 Å². The molecule has 1 saturated heterocycles. The predicted molar refractivity (Wildman–Crippen MR) is 81.3 cm³/mol. The van der Waals surface area contributed by atoms with Crippen molar-refractivity contribution in [2.24, 2.45) is 0 Å². The molecule has 0 radical (unpaired) electrons. The van der Waals surface area contributed by atoms with Crippen LogP contribution in [0.25, 0.3) is 0 Å². The van der Waals surface area contributed by atoms with E-state index in [1.165, 1.54) is 6.07 Å². The molecule has 23 heavy (non-hydrogen) atoms. The summed E-state index contributed by atoms with van der Waals surface area (Å²) in [7, 11) is 0. The smallest absolute Gasteiger partial charge is 0.370 e. The Bertz CT molecular complexity index is 688. The molecule has 1 atom stereocenters. The number of anilines is 1. The second-order valence-electron chi connectivity index (χ2n) is 5.57. The molecule has 0 spiro atoms. The third kappa shape index (κ3) is 3.64. The lowest BCUT2D eigenvalue weighted by Gasteiger charge is -2.34. The molecule has 1 aliphatic rings. The molecule has 0 saturated carbocycles. The average molecular weight is 322 g/mol. The minimum atomic E-state index is -4.34. The van der Waals surface area contributed by atoms with E-state index < -0.39 is 17.8 Å². The molecule has 0 N–H and O–H groups in total. The van der Waals surface area contributed by atoms with Crippen LogP contribution < -0.4 is 4.90 Å². The van der Waals surface area contributed by atoms with Gasteiger partial charge < -0.3 is 9.64 Å². The van der Waals surface area contributed by atoms with Gasteiger partial charge in [-0.25, -0.2) is 4.98 Å². The van der Waals surface area contributed by atoms with Gasteiger partial charge in [0.15, 0.2) is 0 Å². The largest absolute Gasteiger partial charge is 0.416 e. The van der Waals surface area contributed by atoms with Gasteiger partial charge in [-0.1, -0.05) is 18.2 Å². The standard InChI is InChI=1S/C17H17F3N2O/c1-12-4-2-7-16(21-12)22-8-9-23-15(11-22)13-5-3-6-14(10-13)17(18,19)20/h2-7,10,15H,8-9,11H2,1H3. The van der Waals surface area contributed by atoms with Crippen molar-refractivity contribution in [3.63, 3.8) is 0 Å². The van der Waals surface area contributed by atoms with E-state index >= 15 is 0 Å².